The Morgan fingerprint density at radius 2 is 2.08 bits per heavy atom. The van der Waals surface area contributed by atoms with Crippen molar-refractivity contribution >= 4 is 35.8 Å². The van der Waals surface area contributed by atoms with Crippen molar-refractivity contribution in [1.29, 1.82) is 0 Å². The molecule has 0 fully saturated rings. The van der Waals surface area contributed by atoms with Crippen LogP contribution in [0.15, 0.2) is 18.2 Å². The molecule has 1 aromatic rings. The average molecular weight is 235 g/mol. The number of hydrogen-bond donors (Lipinski definition) is 1. The van der Waals surface area contributed by atoms with Gasteiger partial charge in [-0.1, -0.05) is 30.1 Å². The summed E-state index contributed by atoms with van der Waals surface area (Å²) in [7, 11) is 0. The fraction of sp³-hybridized carbons (Fsp3) is 0.400. The lowest BCUT2D eigenvalue weighted by molar-refractivity contribution is 0.742. The van der Waals surface area contributed by atoms with Gasteiger partial charge in [0.25, 0.3) is 0 Å². The lowest BCUT2D eigenvalue weighted by Crippen LogP contribution is -1.95. The van der Waals surface area contributed by atoms with Crippen molar-refractivity contribution in [2.75, 3.05) is 5.75 Å². The fourth-order valence-corrected chi connectivity index (χ4v) is 2.11. The topological polar surface area (TPSA) is 0 Å². The minimum Gasteiger partial charge on any atom is -0.179 e. The van der Waals surface area contributed by atoms with Crippen LogP contribution in [0, 0.1) is 0 Å². The van der Waals surface area contributed by atoms with Crippen LogP contribution in [0.2, 0.25) is 10.0 Å². The second-order valence-corrected chi connectivity index (χ2v) is 4.37. The minimum atomic E-state index is 0.420. The van der Waals surface area contributed by atoms with Crippen molar-refractivity contribution in [1.82, 2.24) is 0 Å². The second-order valence-electron chi connectivity index (χ2n) is 3.08. The molecule has 0 spiro atoms. The maximum Gasteiger partial charge on any atom is 0.0441 e. The molecule has 1 unspecified atom stereocenters. The molecule has 72 valence electrons. The van der Waals surface area contributed by atoms with Crippen LogP contribution in [0.25, 0.3) is 0 Å². The van der Waals surface area contributed by atoms with Crippen LogP contribution >= 0.6 is 35.8 Å². The van der Waals surface area contributed by atoms with Gasteiger partial charge in [0.05, 0.1) is 0 Å². The molecule has 0 bridgehead atoms. The quantitative estimate of drug-likeness (QED) is 0.737. The Hall–Kier alpha value is 0.150. The van der Waals surface area contributed by atoms with Gasteiger partial charge in [0.2, 0.25) is 0 Å². The normalized spacial score (nSPS) is 12.9. The van der Waals surface area contributed by atoms with Crippen LogP contribution in [0.1, 0.15) is 24.8 Å². The molecule has 0 aliphatic rings. The van der Waals surface area contributed by atoms with E-state index >= 15 is 0 Å². The Kier molecular flexibility index (Phi) is 4.43. The summed E-state index contributed by atoms with van der Waals surface area (Å²) in [6.07, 6.45) is 1.02. The first kappa shape index (κ1) is 11.2. The van der Waals surface area contributed by atoms with Gasteiger partial charge in [0, 0.05) is 10.0 Å². The molecule has 0 aromatic heterocycles. The van der Waals surface area contributed by atoms with Gasteiger partial charge in [0.15, 0.2) is 0 Å². The molecular formula is C10H12Cl2S. The lowest BCUT2D eigenvalue weighted by atomic mass is 9.99. The van der Waals surface area contributed by atoms with Crippen molar-refractivity contribution in [2.24, 2.45) is 0 Å². The largest absolute Gasteiger partial charge is 0.179 e. The number of benzene rings is 1. The van der Waals surface area contributed by atoms with Crippen molar-refractivity contribution in [3.8, 4) is 0 Å². The van der Waals surface area contributed by atoms with Gasteiger partial charge in [-0.15, -0.1) is 0 Å². The fourth-order valence-electron chi connectivity index (χ4n) is 1.24. The molecule has 0 nitrogen and oxygen atoms in total. The van der Waals surface area contributed by atoms with E-state index in [0.717, 1.165) is 27.8 Å². The molecule has 3 heteroatoms. The highest BCUT2D eigenvalue weighted by molar-refractivity contribution is 7.80. The van der Waals surface area contributed by atoms with E-state index in [4.69, 9.17) is 23.2 Å². The third-order valence-corrected chi connectivity index (χ3v) is 2.89. The van der Waals surface area contributed by atoms with E-state index in [1.54, 1.807) is 6.07 Å². The SMILES string of the molecule is CC(CCS)c1cc(Cl)ccc1Cl. The molecule has 0 N–H and O–H groups in total. The van der Waals surface area contributed by atoms with Gasteiger partial charge in [-0.3, -0.25) is 0 Å². The van der Waals surface area contributed by atoms with Crippen LogP contribution < -0.4 is 0 Å². The molecule has 13 heavy (non-hydrogen) atoms. The average Bonchev–Trinajstić information content (AvgIpc) is 2.09. The van der Waals surface area contributed by atoms with Crippen LogP contribution in [-0.2, 0) is 0 Å². The maximum absolute atomic E-state index is 6.04. The molecule has 0 radical (unpaired) electrons. The predicted molar refractivity (Wildman–Crippen MR) is 63.3 cm³/mol. The summed E-state index contributed by atoms with van der Waals surface area (Å²) in [4.78, 5) is 0. The Morgan fingerprint density at radius 3 is 2.69 bits per heavy atom. The smallest absolute Gasteiger partial charge is 0.0441 e. The number of thiol groups is 1. The van der Waals surface area contributed by atoms with E-state index in [1.165, 1.54) is 0 Å². The predicted octanol–water partition coefficient (Wildman–Crippen LogP) is 4.42. The first-order chi connectivity index (χ1) is 6.15. The van der Waals surface area contributed by atoms with Crippen LogP contribution in [0.3, 0.4) is 0 Å². The van der Waals surface area contributed by atoms with E-state index in [1.807, 2.05) is 12.1 Å². The highest BCUT2D eigenvalue weighted by Crippen LogP contribution is 2.29. The summed E-state index contributed by atoms with van der Waals surface area (Å²) >= 11 is 16.1. The lowest BCUT2D eigenvalue weighted by Gasteiger charge is -2.12. The summed E-state index contributed by atoms with van der Waals surface area (Å²) in [6, 6.07) is 5.58. The Morgan fingerprint density at radius 1 is 1.38 bits per heavy atom. The van der Waals surface area contributed by atoms with E-state index in [-0.39, 0.29) is 0 Å². The molecule has 0 saturated heterocycles. The van der Waals surface area contributed by atoms with Crippen molar-refractivity contribution in [2.45, 2.75) is 19.3 Å². The number of hydrogen-bond acceptors (Lipinski definition) is 1. The molecule has 0 heterocycles. The van der Waals surface area contributed by atoms with Gasteiger partial charge in [0.1, 0.15) is 0 Å². The third kappa shape index (κ3) is 3.08. The van der Waals surface area contributed by atoms with Crippen LogP contribution in [-0.4, -0.2) is 5.75 Å². The molecule has 1 atom stereocenters. The summed E-state index contributed by atoms with van der Waals surface area (Å²) in [6.45, 7) is 2.13. The molecule has 1 rings (SSSR count). The summed E-state index contributed by atoms with van der Waals surface area (Å²) < 4.78 is 0. The van der Waals surface area contributed by atoms with E-state index in [2.05, 4.69) is 19.6 Å². The minimum absolute atomic E-state index is 0.420. The number of rotatable bonds is 3. The Labute approximate surface area is 94.7 Å². The Bertz CT molecular complexity index is 286. The van der Waals surface area contributed by atoms with E-state index in [0.29, 0.717) is 5.92 Å². The zero-order chi connectivity index (χ0) is 9.84. The molecule has 1 aromatic carbocycles. The summed E-state index contributed by atoms with van der Waals surface area (Å²) in [5.74, 6) is 1.29. The molecule has 0 aliphatic carbocycles. The highest BCUT2D eigenvalue weighted by atomic mass is 35.5. The van der Waals surface area contributed by atoms with Crippen LogP contribution in [0.4, 0.5) is 0 Å². The van der Waals surface area contributed by atoms with Crippen molar-refractivity contribution in [3.05, 3.63) is 33.8 Å². The van der Waals surface area contributed by atoms with Gasteiger partial charge < -0.3 is 0 Å². The highest BCUT2D eigenvalue weighted by Gasteiger charge is 2.08. The number of halogens is 2. The zero-order valence-electron chi connectivity index (χ0n) is 7.43. The summed E-state index contributed by atoms with van der Waals surface area (Å²) in [5.41, 5.74) is 1.11. The standard InChI is InChI=1S/C10H12Cl2S/c1-7(4-5-13)9-6-8(11)2-3-10(9)12/h2-3,6-7,13H,4-5H2,1H3. The summed E-state index contributed by atoms with van der Waals surface area (Å²) in [5, 5.41) is 1.53. The molecular weight excluding hydrogens is 223 g/mol. The zero-order valence-corrected chi connectivity index (χ0v) is 9.83. The third-order valence-electron chi connectivity index (χ3n) is 2.05. The molecule has 0 saturated carbocycles. The van der Waals surface area contributed by atoms with Gasteiger partial charge >= 0.3 is 0 Å². The van der Waals surface area contributed by atoms with Crippen LogP contribution in [0.5, 0.6) is 0 Å². The van der Waals surface area contributed by atoms with E-state index < -0.39 is 0 Å². The first-order valence-corrected chi connectivity index (χ1v) is 5.59. The van der Waals surface area contributed by atoms with Gasteiger partial charge in [-0.25, -0.2) is 0 Å². The van der Waals surface area contributed by atoms with Gasteiger partial charge in [-0.05, 0) is 41.9 Å². The first-order valence-electron chi connectivity index (χ1n) is 4.21. The van der Waals surface area contributed by atoms with Crippen molar-refractivity contribution < 1.29 is 0 Å². The second kappa shape index (κ2) is 5.14. The maximum atomic E-state index is 6.04. The molecule has 0 aliphatic heterocycles. The van der Waals surface area contributed by atoms with E-state index in [9.17, 15) is 0 Å². The van der Waals surface area contributed by atoms with Crippen molar-refractivity contribution in [3.63, 3.8) is 0 Å². The Balaban J connectivity index is 2.91. The van der Waals surface area contributed by atoms with Gasteiger partial charge in [-0.2, -0.15) is 12.6 Å². The monoisotopic (exact) mass is 234 g/mol. The molecule has 0 amide bonds.